The molecule has 1 nitrogen and oxygen atoms in total. The summed E-state index contributed by atoms with van der Waals surface area (Å²) >= 11 is 0. The molecule has 0 radical (unpaired) electrons. The van der Waals surface area contributed by atoms with Crippen LogP contribution in [0.5, 0.6) is 0 Å². The molecule has 0 amide bonds. The van der Waals surface area contributed by atoms with E-state index in [1.54, 1.807) is 0 Å². The molecule has 0 saturated carbocycles. The van der Waals surface area contributed by atoms with Gasteiger partial charge in [-0.25, -0.2) is 0 Å². The summed E-state index contributed by atoms with van der Waals surface area (Å²) in [6, 6.07) is 0. The molecular formula is CH2FKO. The Hall–Kier alpha value is 1.24. The molecule has 0 bridgehead atoms. The molecule has 0 aliphatic heterocycles. The number of hydrogen-bond acceptors (Lipinski definition) is 1. The van der Waals surface area contributed by atoms with Crippen molar-refractivity contribution in [2.45, 2.75) is 0 Å². The van der Waals surface area contributed by atoms with E-state index in [2.05, 4.69) is 0 Å². The van der Waals surface area contributed by atoms with E-state index < -0.39 is 6.54 Å². The van der Waals surface area contributed by atoms with Crippen LogP contribution in [0.3, 0.4) is 0 Å². The van der Waals surface area contributed by atoms with Crippen molar-refractivity contribution in [1.29, 1.82) is 0 Å². The maximum absolute atomic E-state index is 9.61. The van der Waals surface area contributed by atoms with Gasteiger partial charge in [-0.3, -0.25) is 4.79 Å². The van der Waals surface area contributed by atoms with Gasteiger partial charge in [0.25, 0.3) is 6.54 Å². The third kappa shape index (κ3) is 10.6. The van der Waals surface area contributed by atoms with Crippen molar-refractivity contribution in [3.8, 4) is 0 Å². The zero-order valence-corrected chi connectivity index (χ0v) is 1.36. The molecule has 0 aliphatic rings. The van der Waals surface area contributed by atoms with E-state index in [4.69, 9.17) is 4.79 Å². The fourth-order valence-corrected chi connectivity index (χ4v) is 0. The Morgan fingerprint density at radius 1 is 1.75 bits per heavy atom. The molecule has 0 aromatic rings. The number of carbonyl (C=O) groups is 1. The zero-order valence-electron chi connectivity index (χ0n) is 1.36. The second-order valence-corrected chi connectivity index (χ2v) is 0.0891. The van der Waals surface area contributed by atoms with Crippen molar-refractivity contribution in [2.75, 3.05) is 0 Å². The molecule has 0 rings (SSSR count). The van der Waals surface area contributed by atoms with E-state index in [1.165, 1.54) is 0 Å². The van der Waals surface area contributed by atoms with Crippen LogP contribution in [-0.2, 0) is 4.79 Å². The number of hydrogen-bond donors (Lipinski definition) is 0. The molecular weight excluding hydrogens is 86.1 g/mol. The third-order valence-corrected chi connectivity index (χ3v) is 0. The van der Waals surface area contributed by atoms with Crippen LogP contribution in [0.2, 0.25) is 0 Å². The topological polar surface area (TPSA) is 17.1 Å². The van der Waals surface area contributed by atoms with Gasteiger partial charge in [-0.2, -0.15) is 4.39 Å². The normalized spacial score (nSPS) is 3.25. The first kappa shape index (κ1) is 8.97. The van der Waals surface area contributed by atoms with Crippen LogP contribution < -0.4 is 0 Å². The summed E-state index contributed by atoms with van der Waals surface area (Å²) in [5, 5.41) is 0. The predicted octanol–water partition coefficient (Wildman–Crippen LogP) is -0.502. The summed E-state index contributed by atoms with van der Waals surface area (Å²) in [7, 11) is 0. The number of carbonyl (C=O) groups excluding carboxylic acids is 1. The van der Waals surface area contributed by atoms with Gasteiger partial charge in [0.05, 0.1) is 0 Å². The molecule has 0 heterocycles. The van der Waals surface area contributed by atoms with E-state index in [0.717, 1.165) is 0 Å². The van der Waals surface area contributed by atoms with Gasteiger partial charge < -0.3 is 0 Å². The average Bonchev–Trinajstić information content (AvgIpc) is 0.918. The van der Waals surface area contributed by atoms with Crippen LogP contribution in [0.15, 0.2) is 0 Å². The second kappa shape index (κ2) is 8.87. The van der Waals surface area contributed by atoms with Gasteiger partial charge in [-0.1, -0.05) is 0 Å². The first-order chi connectivity index (χ1) is 1.41. The first-order valence-electron chi connectivity index (χ1n) is 0.454. The minimum absolute atomic E-state index is 0. The standard InChI is InChI=1S/CHFO.K.H/c2-1-3;;/h1H;;. The van der Waals surface area contributed by atoms with Gasteiger partial charge in [0, 0.05) is 0 Å². The molecule has 0 spiro atoms. The molecule has 0 atom stereocenters. The summed E-state index contributed by atoms with van der Waals surface area (Å²) in [4.78, 5) is 8.14. The molecule has 0 aliphatic carbocycles. The third-order valence-electron chi connectivity index (χ3n) is 0. The zero-order chi connectivity index (χ0) is 2.71. The monoisotopic (exact) mass is 88.0 g/mol. The van der Waals surface area contributed by atoms with Gasteiger partial charge in [-0.05, 0) is 0 Å². The Morgan fingerprint density at radius 2 is 1.75 bits per heavy atom. The van der Waals surface area contributed by atoms with Gasteiger partial charge in [0.2, 0.25) is 0 Å². The van der Waals surface area contributed by atoms with Gasteiger partial charge in [-0.15, -0.1) is 0 Å². The Kier molecular flexibility index (Phi) is 19.9. The Morgan fingerprint density at radius 3 is 1.75 bits per heavy atom. The fourth-order valence-electron chi connectivity index (χ4n) is 0. The summed E-state index contributed by atoms with van der Waals surface area (Å²) in [6.45, 7) is -0.750. The van der Waals surface area contributed by atoms with E-state index in [0.29, 0.717) is 0 Å². The fraction of sp³-hybridized carbons (Fsp3) is 0. The second-order valence-electron chi connectivity index (χ2n) is 0.0891. The van der Waals surface area contributed by atoms with Crippen LogP contribution >= 0.6 is 0 Å². The predicted molar refractivity (Wildman–Crippen MR) is 15.0 cm³/mol. The summed E-state index contributed by atoms with van der Waals surface area (Å²) in [5.41, 5.74) is 0. The van der Waals surface area contributed by atoms with E-state index in [9.17, 15) is 4.39 Å². The molecule has 3 heteroatoms. The Balaban J connectivity index is 0. The van der Waals surface area contributed by atoms with E-state index >= 15 is 0 Å². The molecule has 0 aromatic heterocycles. The molecule has 0 unspecified atom stereocenters. The Bertz CT molecular complexity index is 15.5. The maximum atomic E-state index is 9.61. The van der Waals surface area contributed by atoms with Crippen molar-refractivity contribution in [3.63, 3.8) is 0 Å². The van der Waals surface area contributed by atoms with Crippen molar-refractivity contribution >= 4 is 57.9 Å². The van der Waals surface area contributed by atoms with E-state index in [-0.39, 0.29) is 51.4 Å². The van der Waals surface area contributed by atoms with Crippen molar-refractivity contribution in [2.24, 2.45) is 0 Å². The van der Waals surface area contributed by atoms with Crippen LogP contribution in [-0.4, -0.2) is 57.9 Å². The summed E-state index contributed by atoms with van der Waals surface area (Å²) < 4.78 is 9.61. The van der Waals surface area contributed by atoms with Gasteiger partial charge in [0.1, 0.15) is 0 Å². The molecule has 0 aromatic carbocycles. The molecule has 20 valence electrons. The minimum atomic E-state index is -0.750. The molecule has 4 heavy (non-hydrogen) atoms. The average molecular weight is 88.1 g/mol. The molecule has 0 fully saturated rings. The SMILES string of the molecule is O=CF.[KH]. The van der Waals surface area contributed by atoms with E-state index in [1.807, 2.05) is 0 Å². The number of rotatable bonds is 0. The van der Waals surface area contributed by atoms with Crippen LogP contribution in [0.1, 0.15) is 0 Å². The van der Waals surface area contributed by atoms with Crippen LogP contribution in [0.25, 0.3) is 0 Å². The molecule has 0 saturated heterocycles. The Labute approximate surface area is 66.0 Å². The van der Waals surface area contributed by atoms with Crippen molar-refractivity contribution in [1.82, 2.24) is 0 Å². The van der Waals surface area contributed by atoms with Gasteiger partial charge >= 0.3 is 51.4 Å². The van der Waals surface area contributed by atoms with Crippen LogP contribution in [0, 0.1) is 0 Å². The first-order valence-corrected chi connectivity index (χ1v) is 0.454. The summed E-state index contributed by atoms with van der Waals surface area (Å²) in [6.07, 6.45) is 0. The quantitative estimate of drug-likeness (QED) is 0.221. The summed E-state index contributed by atoms with van der Waals surface area (Å²) in [5.74, 6) is 0. The van der Waals surface area contributed by atoms with Gasteiger partial charge in [0.15, 0.2) is 0 Å². The van der Waals surface area contributed by atoms with Crippen LogP contribution in [0.4, 0.5) is 4.39 Å². The molecule has 0 N–H and O–H groups in total. The number of halogens is 1. The van der Waals surface area contributed by atoms with Crippen molar-refractivity contribution in [3.05, 3.63) is 0 Å². The van der Waals surface area contributed by atoms with Crippen molar-refractivity contribution < 1.29 is 9.18 Å².